The third kappa shape index (κ3) is 5.72. The Bertz CT molecular complexity index is 190. The van der Waals surface area contributed by atoms with E-state index in [1.54, 1.807) is 6.92 Å². The SMILES string of the molecule is CC#CC(CC)CCC[N+](=O)[O-]. The molecular formula is C9H15NO2. The number of rotatable bonds is 5. The molecule has 0 aromatic heterocycles. The normalized spacial score (nSPS) is 11.5. The molecule has 0 rings (SSSR count). The lowest BCUT2D eigenvalue weighted by atomic mass is 10.0. The Hall–Kier alpha value is -1.04. The fourth-order valence-corrected chi connectivity index (χ4v) is 1.05. The van der Waals surface area contributed by atoms with Gasteiger partial charge in [-0.2, -0.15) is 0 Å². The van der Waals surface area contributed by atoms with E-state index < -0.39 is 0 Å². The largest absolute Gasteiger partial charge is 0.265 e. The maximum atomic E-state index is 10.00. The third-order valence-electron chi connectivity index (χ3n) is 1.73. The Morgan fingerprint density at radius 1 is 1.58 bits per heavy atom. The van der Waals surface area contributed by atoms with E-state index in [-0.39, 0.29) is 11.5 Å². The molecule has 0 N–H and O–H groups in total. The van der Waals surface area contributed by atoms with Crippen molar-refractivity contribution in [2.75, 3.05) is 6.54 Å². The van der Waals surface area contributed by atoms with Crippen LogP contribution in [0.4, 0.5) is 0 Å². The molecule has 1 unspecified atom stereocenters. The number of hydrogen-bond acceptors (Lipinski definition) is 2. The minimum Gasteiger partial charge on any atom is -0.265 e. The average molecular weight is 169 g/mol. The van der Waals surface area contributed by atoms with E-state index in [9.17, 15) is 10.1 Å². The first-order valence-corrected chi connectivity index (χ1v) is 4.24. The van der Waals surface area contributed by atoms with Gasteiger partial charge < -0.3 is 0 Å². The van der Waals surface area contributed by atoms with Gasteiger partial charge in [0.15, 0.2) is 0 Å². The zero-order chi connectivity index (χ0) is 9.40. The maximum Gasteiger partial charge on any atom is 0.203 e. The smallest absolute Gasteiger partial charge is 0.203 e. The van der Waals surface area contributed by atoms with Crippen molar-refractivity contribution >= 4 is 0 Å². The highest BCUT2D eigenvalue weighted by Gasteiger charge is 2.04. The van der Waals surface area contributed by atoms with E-state index in [2.05, 4.69) is 18.8 Å². The summed E-state index contributed by atoms with van der Waals surface area (Å²) in [6.45, 7) is 3.93. The summed E-state index contributed by atoms with van der Waals surface area (Å²) in [5.74, 6) is 6.21. The number of hydrogen-bond donors (Lipinski definition) is 0. The van der Waals surface area contributed by atoms with Crippen molar-refractivity contribution in [2.24, 2.45) is 5.92 Å². The standard InChI is InChI=1S/C9H15NO2/c1-3-6-9(4-2)7-5-8-10(11)12/h9H,4-5,7-8H2,1-2H3. The second-order valence-corrected chi connectivity index (χ2v) is 2.70. The first kappa shape index (κ1) is 11.0. The summed E-state index contributed by atoms with van der Waals surface area (Å²) >= 11 is 0. The van der Waals surface area contributed by atoms with Gasteiger partial charge in [0.1, 0.15) is 0 Å². The summed E-state index contributed by atoms with van der Waals surface area (Å²) in [7, 11) is 0. The highest BCUT2D eigenvalue weighted by molar-refractivity contribution is 5.00. The molecule has 68 valence electrons. The van der Waals surface area contributed by atoms with Crippen molar-refractivity contribution in [3.05, 3.63) is 10.1 Å². The lowest BCUT2D eigenvalue weighted by Gasteiger charge is -2.03. The van der Waals surface area contributed by atoms with Crippen LogP contribution in [0.3, 0.4) is 0 Å². The molecule has 0 aromatic carbocycles. The summed E-state index contributed by atoms with van der Waals surface area (Å²) in [4.78, 5) is 9.72. The van der Waals surface area contributed by atoms with E-state index in [4.69, 9.17) is 0 Å². The molecule has 0 aliphatic heterocycles. The molecule has 0 fully saturated rings. The van der Waals surface area contributed by atoms with Crippen molar-refractivity contribution in [1.29, 1.82) is 0 Å². The molecule has 0 amide bonds. The summed E-state index contributed by atoms with van der Waals surface area (Å²) in [5, 5.41) is 10.00. The molecule has 0 radical (unpaired) electrons. The van der Waals surface area contributed by atoms with Gasteiger partial charge in [-0.3, -0.25) is 10.1 Å². The topological polar surface area (TPSA) is 43.1 Å². The van der Waals surface area contributed by atoms with Crippen LogP contribution < -0.4 is 0 Å². The van der Waals surface area contributed by atoms with E-state index in [0.717, 1.165) is 12.8 Å². The molecule has 0 saturated heterocycles. The molecule has 3 nitrogen and oxygen atoms in total. The minimum atomic E-state index is -0.272. The van der Waals surface area contributed by atoms with E-state index in [1.807, 2.05) is 0 Å². The molecule has 1 atom stereocenters. The molecule has 0 bridgehead atoms. The maximum absolute atomic E-state index is 10.00. The van der Waals surface area contributed by atoms with Gasteiger partial charge in [0, 0.05) is 17.3 Å². The Balaban J connectivity index is 3.56. The molecular weight excluding hydrogens is 154 g/mol. The second-order valence-electron chi connectivity index (χ2n) is 2.70. The van der Waals surface area contributed by atoms with E-state index >= 15 is 0 Å². The van der Waals surface area contributed by atoms with Crippen molar-refractivity contribution in [3.8, 4) is 11.8 Å². The summed E-state index contributed by atoms with van der Waals surface area (Å²) < 4.78 is 0. The van der Waals surface area contributed by atoms with Gasteiger partial charge in [-0.15, -0.1) is 11.8 Å². The van der Waals surface area contributed by atoms with Gasteiger partial charge in [0.05, 0.1) is 0 Å². The number of nitrogens with zero attached hydrogens (tertiary/aromatic N) is 1. The van der Waals surface area contributed by atoms with Crippen LogP contribution in [0.15, 0.2) is 0 Å². The van der Waals surface area contributed by atoms with Crippen LogP contribution in [0.5, 0.6) is 0 Å². The molecule has 0 aliphatic rings. The summed E-state index contributed by atoms with van der Waals surface area (Å²) in [5.41, 5.74) is 0. The van der Waals surface area contributed by atoms with E-state index in [1.165, 1.54) is 0 Å². The highest BCUT2D eigenvalue weighted by atomic mass is 16.6. The van der Waals surface area contributed by atoms with Gasteiger partial charge >= 0.3 is 0 Å². The third-order valence-corrected chi connectivity index (χ3v) is 1.73. The zero-order valence-corrected chi connectivity index (χ0v) is 7.67. The fraction of sp³-hybridized carbons (Fsp3) is 0.778. The summed E-state index contributed by atoms with van der Waals surface area (Å²) in [6.07, 6.45) is 2.47. The van der Waals surface area contributed by atoms with Crippen LogP contribution in [0.25, 0.3) is 0 Å². The monoisotopic (exact) mass is 169 g/mol. The molecule has 3 heteroatoms. The van der Waals surface area contributed by atoms with Crippen LogP contribution in [0.1, 0.15) is 33.1 Å². The van der Waals surface area contributed by atoms with Crippen LogP contribution in [-0.4, -0.2) is 11.5 Å². The van der Waals surface area contributed by atoms with E-state index in [0.29, 0.717) is 12.3 Å². The predicted molar refractivity (Wildman–Crippen MR) is 48.3 cm³/mol. The minimum absolute atomic E-state index is 0.0713. The first-order chi connectivity index (χ1) is 5.70. The predicted octanol–water partition coefficient (Wildman–Crippen LogP) is 2.09. The van der Waals surface area contributed by atoms with Crippen molar-refractivity contribution < 1.29 is 4.92 Å². The molecule has 0 aromatic rings. The quantitative estimate of drug-likeness (QED) is 0.359. The lowest BCUT2D eigenvalue weighted by Crippen LogP contribution is -2.03. The van der Waals surface area contributed by atoms with Gasteiger partial charge in [0.2, 0.25) is 6.54 Å². The highest BCUT2D eigenvalue weighted by Crippen LogP contribution is 2.08. The zero-order valence-electron chi connectivity index (χ0n) is 7.67. The van der Waals surface area contributed by atoms with Gasteiger partial charge in [0.25, 0.3) is 0 Å². The van der Waals surface area contributed by atoms with Crippen LogP contribution in [0.2, 0.25) is 0 Å². The second kappa shape index (κ2) is 6.66. The Morgan fingerprint density at radius 2 is 2.25 bits per heavy atom. The molecule has 0 saturated carbocycles. The van der Waals surface area contributed by atoms with Gasteiger partial charge in [-0.05, 0) is 19.8 Å². The van der Waals surface area contributed by atoms with Crippen molar-refractivity contribution in [3.63, 3.8) is 0 Å². The van der Waals surface area contributed by atoms with Crippen molar-refractivity contribution in [1.82, 2.24) is 0 Å². The van der Waals surface area contributed by atoms with Crippen LogP contribution in [0, 0.1) is 27.9 Å². The van der Waals surface area contributed by atoms with Crippen LogP contribution in [-0.2, 0) is 0 Å². The number of nitro groups is 1. The van der Waals surface area contributed by atoms with Crippen LogP contribution >= 0.6 is 0 Å². The molecule has 0 spiro atoms. The van der Waals surface area contributed by atoms with Crippen molar-refractivity contribution in [2.45, 2.75) is 33.1 Å². The Morgan fingerprint density at radius 3 is 2.67 bits per heavy atom. The Kier molecular flexibility index (Phi) is 6.08. The van der Waals surface area contributed by atoms with Gasteiger partial charge in [-0.25, -0.2) is 0 Å². The first-order valence-electron chi connectivity index (χ1n) is 4.24. The summed E-state index contributed by atoms with van der Waals surface area (Å²) in [6, 6.07) is 0. The molecule has 0 aliphatic carbocycles. The van der Waals surface area contributed by atoms with Gasteiger partial charge in [-0.1, -0.05) is 6.92 Å². The molecule has 0 heterocycles. The lowest BCUT2D eigenvalue weighted by molar-refractivity contribution is -0.480. The fourth-order valence-electron chi connectivity index (χ4n) is 1.05. The Labute approximate surface area is 73.3 Å². The average Bonchev–Trinajstić information content (AvgIpc) is 2.02. The molecule has 12 heavy (non-hydrogen) atoms.